The Kier molecular flexibility index (Phi) is 20.4. The molecule has 4 rings (SSSR count). The number of fused-ring (bicyclic) bond motifs is 3. The fraction of sp³-hybridized carbons (Fsp3) is 0.750. The van der Waals surface area contributed by atoms with Crippen LogP contribution in [-0.2, 0) is 42.9 Å². The number of allylic oxidation sites excluding steroid dienone is 6. The number of hydrogen-bond donors (Lipinski definition) is 2. The van der Waals surface area contributed by atoms with Crippen LogP contribution in [-0.4, -0.2) is 107 Å². The smallest absolute Gasteiger partial charge is 0.329 e. The molecule has 360 valence electrons. The molecule has 0 aromatic rings. The number of cyclic esters (lactones) is 1. The fourth-order valence-corrected chi connectivity index (χ4v) is 10.4. The van der Waals surface area contributed by atoms with Crippen LogP contribution in [0, 0.1) is 47.3 Å². The summed E-state index contributed by atoms with van der Waals surface area (Å²) >= 11 is 0. The molecule has 0 spiro atoms. The minimum absolute atomic E-state index is 0.0523. The molecule has 64 heavy (non-hydrogen) atoms. The fourth-order valence-electron chi connectivity index (χ4n) is 10.4. The number of amides is 1. The lowest BCUT2D eigenvalue weighted by Gasteiger charge is -2.42. The van der Waals surface area contributed by atoms with Crippen molar-refractivity contribution in [2.45, 2.75) is 182 Å². The van der Waals surface area contributed by atoms with Crippen molar-refractivity contribution in [3.05, 3.63) is 47.6 Å². The van der Waals surface area contributed by atoms with E-state index in [0.717, 1.165) is 24.8 Å². The van der Waals surface area contributed by atoms with Crippen LogP contribution in [0.4, 0.5) is 0 Å². The van der Waals surface area contributed by atoms with Crippen LogP contribution in [0.5, 0.6) is 0 Å². The number of esters is 1. The van der Waals surface area contributed by atoms with Gasteiger partial charge in [0.25, 0.3) is 11.7 Å². The van der Waals surface area contributed by atoms with Crippen LogP contribution < -0.4 is 0 Å². The van der Waals surface area contributed by atoms with Gasteiger partial charge in [-0.25, -0.2) is 4.79 Å². The molecule has 1 amide bonds. The number of aliphatic hydroxyl groups is 2. The largest absolute Gasteiger partial charge is 0.460 e. The normalized spacial score (nSPS) is 39.5. The zero-order chi connectivity index (χ0) is 47.5. The molecule has 2 N–H and O–H groups in total. The standard InChI is InChI=1S/C52H81NO11/c1-31-17-13-12-14-18-32(2)45(62-11)29-41-23-21-38(8)52(60,64-41)49(57)50(58)53-24-16-15-19-42(53)51(59)63-46(35(5)27-40-22-20-33(3)44(28-40)61-10)30-43(54)34(4)26-37(7)48(56)39(9)47(55)36(6)25-31/h12-14,17-18,26,31,33-36,38-42,44-46,48,56,60H,15-16,19-25,27-30H2,1-11H3/b14-12?,17-13+,32-18?,37-26+/t31-,33-,34-,35+,36-,38-,39+,40-,41+,42+,44-,45+,46+,48-,52-/m1/s1. The molecule has 12 heteroatoms. The summed E-state index contributed by atoms with van der Waals surface area (Å²) in [6, 6.07) is -1.09. The minimum Gasteiger partial charge on any atom is -0.460 e. The number of hydrogen-bond acceptors (Lipinski definition) is 11. The number of piperidine rings is 1. The van der Waals surface area contributed by atoms with Gasteiger partial charge in [-0.05, 0) is 113 Å². The molecule has 2 saturated heterocycles. The highest BCUT2D eigenvalue weighted by Crippen LogP contribution is 2.38. The van der Waals surface area contributed by atoms with Gasteiger partial charge in [0.1, 0.15) is 23.7 Å². The van der Waals surface area contributed by atoms with E-state index in [-0.39, 0.29) is 60.7 Å². The first-order valence-corrected chi connectivity index (χ1v) is 24.2. The van der Waals surface area contributed by atoms with Gasteiger partial charge in [0.2, 0.25) is 5.79 Å². The van der Waals surface area contributed by atoms with Crippen molar-refractivity contribution >= 4 is 29.2 Å². The maximum absolute atomic E-state index is 14.4. The molecule has 3 fully saturated rings. The molecule has 1 aliphatic carbocycles. The number of methoxy groups -OCH3 is 2. The summed E-state index contributed by atoms with van der Waals surface area (Å²) in [5, 5.41) is 23.3. The number of rotatable bonds is 5. The van der Waals surface area contributed by atoms with Crippen LogP contribution in [0.25, 0.3) is 0 Å². The van der Waals surface area contributed by atoms with Crippen molar-refractivity contribution in [3.8, 4) is 0 Å². The van der Waals surface area contributed by atoms with Crippen molar-refractivity contribution in [1.29, 1.82) is 0 Å². The number of nitrogens with zero attached hydrogens (tertiary/aromatic N) is 1. The Hall–Kier alpha value is -3.29. The van der Waals surface area contributed by atoms with E-state index in [9.17, 15) is 34.2 Å². The van der Waals surface area contributed by atoms with Gasteiger partial charge in [0.05, 0.1) is 24.4 Å². The molecular weight excluding hydrogens is 815 g/mol. The third kappa shape index (κ3) is 13.9. The molecule has 2 bridgehead atoms. The summed E-state index contributed by atoms with van der Waals surface area (Å²) in [6.45, 7) is 17.1. The Balaban J connectivity index is 1.69. The Morgan fingerprint density at radius 2 is 1.58 bits per heavy atom. The predicted octanol–water partition coefficient (Wildman–Crippen LogP) is 8.08. The van der Waals surface area contributed by atoms with Crippen LogP contribution in [0.3, 0.4) is 0 Å². The molecule has 3 aliphatic heterocycles. The van der Waals surface area contributed by atoms with E-state index < -0.39 is 71.7 Å². The van der Waals surface area contributed by atoms with Crippen molar-refractivity contribution in [2.75, 3.05) is 20.8 Å². The van der Waals surface area contributed by atoms with Gasteiger partial charge in [-0.1, -0.05) is 84.9 Å². The minimum atomic E-state index is -2.40. The van der Waals surface area contributed by atoms with Crippen molar-refractivity contribution in [2.24, 2.45) is 47.3 Å². The van der Waals surface area contributed by atoms with Gasteiger partial charge < -0.3 is 34.1 Å². The molecule has 3 heterocycles. The van der Waals surface area contributed by atoms with Crippen molar-refractivity contribution < 1.29 is 53.1 Å². The maximum atomic E-state index is 14.4. The lowest BCUT2D eigenvalue weighted by atomic mass is 9.76. The van der Waals surface area contributed by atoms with E-state index in [4.69, 9.17) is 18.9 Å². The molecule has 1 saturated carbocycles. The third-order valence-electron chi connectivity index (χ3n) is 14.9. The van der Waals surface area contributed by atoms with Crippen LogP contribution in [0.15, 0.2) is 47.6 Å². The molecular formula is C52H81NO11. The first-order chi connectivity index (χ1) is 30.2. The topological polar surface area (TPSA) is 166 Å². The summed E-state index contributed by atoms with van der Waals surface area (Å²) in [7, 11) is 3.32. The lowest BCUT2D eigenvalue weighted by Crippen LogP contribution is -2.61. The Labute approximate surface area is 383 Å². The van der Waals surface area contributed by atoms with E-state index in [1.807, 2.05) is 58.1 Å². The number of ether oxygens (including phenoxy) is 4. The second-order valence-electron chi connectivity index (χ2n) is 20.1. The van der Waals surface area contributed by atoms with E-state index in [2.05, 4.69) is 6.92 Å². The highest BCUT2D eigenvalue weighted by molar-refractivity contribution is 6.39. The first-order valence-electron chi connectivity index (χ1n) is 24.2. The quantitative estimate of drug-likeness (QED) is 0.156. The molecule has 0 radical (unpaired) electrons. The second kappa shape index (κ2) is 24.5. The number of ketones is 3. The summed E-state index contributed by atoms with van der Waals surface area (Å²) in [5.74, 6) is -7.21. The summed E-state index contributed by atoms with van der Waals surface area (Å²) in [4.78, 5) is 71.7. The van der Waals surface area contributed by atoms with E-state index in [1.165, 1.54) is 4.90 Å². The first kappa shape index (κ1) is 53.3. The zero-order valence-electron chi connectivity index (χ0n) is 40.8. The van der Waals surface area contributed by atoms with Crippen molar-refractivity contribution in [1.82, 2.24) is 4.90 Å². The molecule has 4 aliphatic rings. The Morgan fingerprint density at radius 3 is 2.27 bits per heavy atom. The molecule has 0 unspecified atom stereocenters. The van der Waals surface area contributed by atoms with Gasteiger partial charge >= 0.3 is 5.97 Å². The molecule has 12 nitrogen and oxygen atoms in total. The van der Waals surface area contributed by atoms with E-state index in [1.54, 1.807) is 48.0 Å². The van der Waals surface area contributed by atoms with Gasteiger partial charge in [-0.2, -0.15) is 0 Å². The van der Waals surface area contributed by atoms with Crippen LogP contribution in [0.2, 0.25) is 0 Å². The van der Waals surface area contributed by atoms with Crippen LogP contribution in [0.1, 0.15) is 139 Å². The molecule has 0 aromatic carbocycles. The van der Waals surface area contributed by atoms with Gasteiger partial charge in [0.15, 0.2) is 0 Å². The third-order valence-corrected chi connectivity index (χ3v) is 14.9. The number of Topliss-reactive ketones (excluding diaryl/α,β-unsaturated/α-hetero) is 3. The Morgan fingerprint density at radius 1 is 0.859 bits per heavy atom. The Bertz CT molecular complexity index is 1730. The average Bonchev–Trinajstić information content (AvgIpc) is 3.27. The molecule has 0 aromatic heterocycles. The highest BCUT2D eigenvalue weighted by atomic mass is 16.6. The SMILES string of the molecule is CO[C@H]1C[C@@H]2CC[C@@H](C)[C@@](O)(O2)C(=O)C(=O)N2CCCC[C@H]2C(=O)O[C@H]([C@@H](C)C[C@H]2CC[C@@H](C)[C@H](OC)C2)CC(=O)[C@H](C)/C=C(\C)[C@@H](O)[C@@H](C)C(=O)[C@H](C)C[C@H](C)/C=C/C=CC=C1C. The summed E-state index contributed by atoms with van der Waals surface area (Å²) in [5.41, 5.74) is 1.42. The van der Waals surface area contributed by atoms with E-state index in [0.29, 0.717) is 56.4 Å². The van der Waals surface area contributed by atoms with Crippen LogP contribution >= 0.6 is 0 Å². The van der Waals surface area contributed by atoms with E-state index >= 15 is 0 Å². The number of carbonyl (C=O) groups excluding carboxylic acids is 5. The lowest BCUT2D eigenvalue weighted by molar-refractivity contribution is -0.265. The monoisotopic (exact) mass is 896 g/mol. The van der Waals surface area contributed by atoms with Gasteiger partial charge in [-0.3, -0.25) is 19.2 Å². The summed E-state index contributed by atoms with van der Waals surface area (Å²) in [6.07, 6.45) is 15.4. The second-order valence-corrected chi connectivity index (χ2v) is 20.1. The zero-order valence-corrected chi connectivity index (χ0v) is 40.8. The van der Waals surface area contributed by atoms with Gasteiger partial charge in [-0.15, -0.1) is 0 Å². The van der Waals surface area contributed by atoms with Crippen molar-refractivity contribution in [3.63, 3.8) is 0 Å². The van der Waals surface area contributed by atoms with Gasteiger partial charge in [0, 0.05) is 57.3 Å². The maximum Gasteiger partial charge on any atom is 0.329 e. The highest BCUT2D eigenvalue weighted by Gasteiger charge is 2.53. The average molecular weight is 896 g/mol. The molecule has 15 atom stereocenters. The predicted molar refractivity (Wildman–Crippen MR) is 247 cm³/mol. The number of aliphatic hydroxyl groups excluding tert-OH is 1. The summed E-state index contributed by atoms with van der Waals surface area (Å²) < 4.78 is 24.1. The number of carbonyl (C=O) groups is 5.